The van der Waals surface area contributed by atoms with Crippen LogP contribution in [-0.2, 0) is 0 Å². The highest BCUT2D eigenvalue weighted by atomic mass is 35.5. The topological polar surface area (TPSA) is 12.0 Å². The summed E-state index contributed by atoms with van der Waals surface area (Å²) in [5, 5.41) is 4.48. The Bertz CT molecular complexity index is 552. The first-order chi connectivity index (χ1) is 8.63. The molecule has 2 aromatic carbocycles. The molecular weight excluding hydrogens is 265 g/mol. The van der Waals surface area contributed by atoms with Crippen molar-refractivity contribution in [2.24, 2.45) is 0 Å². The number of halogens is 2. The normalized spacial score (nSPS) is 12.4. The van der Waals surface area contributed by atoms with Gasteiger partial charge in [-0.25, -0.2) is 0 Å². The fraction of sp³-hybridized carbons (Fsp3) is 0.200. The molecule has 0 fully saturated rings. The highest BCUT2D eigenvalue weighted by Gasteiger charge is 2.16. The van der Waals surface area contributed by atoms with Crippen molar-refractivity contribution in [3.05, 3.63) is 69.2 Å². The maximum Gasteiger partial charge on any atom is 0.0643 e. The van der Waals surface area contributed by atoms with Gasteiger partial charge in [0.05, 0.1) is 16.1 Å². The zero-order valence-corrected chi connectivity index (χ0v) is 11.9. The average Bonchev–Trinajstić information content (AvgIpc) is 2.35. The molecule has 0 amide bonds. The van der Waals surface area contributed by atoms with Crippen molar-refractivity contribution in [3.63, 3.8) is 0 Å². The van der Waals surface area contributed by atoms with Gasteiger partial charge in [0.2, 0.25) is 0 Å². The molecule has 0 saturated heterocycles. The van der Waals surface area contributed by atoms with Crippen LogP contribution in [0.5, 0.6) is 0 Å². The first kappa shape index (κ1) is 13.4. The third-order valence-electron chi connectivity index (χ3n) is 2.96. The van der Waals surface area contributed by atoms with E-state index in [1.165, 1.54) is 11.1 Å². The maximum absolute atomic E-state index is 6.28. The van der Waals surface area contributed by atoms with Crippen molar-refractivity contribution in [2.45, 2.75) is 13.0 Å². The molecule has 0 bridgehead atoms. The molecule has 94 valence electrons. The van der Waals surface area contributed by atoms with E-state index in [1.54, 1.807) is 6.07 Å². The molecule has 0 heterocycles. The molecule has 0 aliphatic carbocycles. The van der Waals surface area contributed by atoms with Gasteiger partial charge in [0.1, 0.15) is 0 Å². The van der Waals surface area contributed by atoms with Gasteiger partial charge in [0.15, 0.2) is 0 Å². The second kappa shape index (κ2) is 5.75. The van der Waals surface area contributed by atoms with Crippen molar-refractivity contribution in [2.75, 3.05) is 7.05 Å². The molecule has 0 aromatic heterocycles. The van der Waals surface area contributed by atoms with Crippen LogP contribution >= 0.6 is 23.2 Å². The summed E-state index contributed by atoms with van der Waals surface area (Å²) in [5.41, 5.74) is 3.41. The molecule has 18 heavy (non-hydrogen) atoms. The Kier molecular flexibility index (Phi) is 4.28. The first-order valence-electron chi connectivity index (χ1n) is 5.81. The Hall–Kier alpha value is -1.02. The Labute approximate surface area is 118 Å². The second-order valence-electron chi connectivity index (χ2n) is 4.28. The number of hydrogen-bond donors (Lipinski definition) is 1. The van der Waals surface area contributed by atoms with Crippen molar-refractivity contribution >= 4 is 23.2 Å². The number of hydrogen-bond acceptors (Lipinski definition) is 1. The van der Waals surface area contributed by atoms with Crippen LogP contribution in [0.25, 0.3) is 0 Å². The van der Waals surface area contributed by atoms with Gasteiger partial charge in [0, 0.05) is 0 Å². The maximum atomic E-state index is 6.28. The minimum atomic E-state index is 0.0519. The minimum Gasteiger partial charge on any atom is -0.309 e. The van der Waals surface area contributed by atoms with E-state index in [0.717, 1.165) is 5.56 Å². The molecular formula is C15H15Cl2N. The number of rotatable bonds is 3. The summed E-state index contributed by atoms with van der Waals surface area (Å²) in [4.78, 5) is 0. The molecule has 1 N–H and O–H groups in total. The third-order valence-corrected chi connectivity index (χ3v) is 3.79. The van der Waals surface area contributed by atoms with Crippen molar-refractivity contribution in [1.82, 2.24) is 5.32 Å². The lowest BCUT2D eigenvalue weighted by molar-refractivity contribution is 0.691. The van der Waals surface area contributed by atoms with Gasteiger partial charge >= 0.3 is 0 Å². The standard InChI is InChI=1S/C15H15Cl2N/c1-10-5-3-6-11(9-10)15(18-2)12-7-4-8-13(16)14(12)17/h3-9,15,18H,1-2H3. The van der Waals surface area contributed by atoms with E-state index in [9.17, 15) is 0 Å². The summed E-state index contributed by atoms with van der Waals surface area (Å²) in [7, 11) is 1.92. The minimum absolute atomic E-state index is 0.0519. The molecule has 2 aromatic rings. The number of benzene rings is 2. The molecule has 0 radical (unpaired) electrons. The van der Waals surface area contributed by atoms with Crippen molar-refractivity contribution in [1.29, 1.82) is 0 Å². The zero-order chi connectivity index (χ0) is 13.1. The Morgan fingerprint density at radius 2 is 1.78 bits per heavy atom. The van der Waals surface area contributed by atoms with Crippen LogP contribution < -0.4 is 5.32 Å². The van der Waals surface area contributed by atoms with Gasteiger partial charge in [-0.15, -0.1) is 0 Å². The fourth-order valence-electron chi connectivity index (χ4n) is 2.09. The van der Waals surface area contributed by atoms with E-state index in [4.69, 9.17) is 23.2 Å². The summed E-state index contributed by atoms with van der Waals surface area (Å²) < 4.78 is 0. The number of aryl methyl sites for hydroxylation is 1. The molecule has 0 aliphatic heterocycles. The predicted octanol–water partition coefficient (Wildman–Crippen LogP) is 4.61. The summed E-state index contributed by atoms with van der Waals surface area (Å²) in [5.74, 6) is 0. The van der Waals surface area contributed by atoms with Crippen LogP contribution in [0.15, 0.2) is 42.5 Å². The van der Waals surface area contributed by atoms with Gasteiger partial charge in [-0.3, -0.25) is 0 Å². The summed E-state index contributed by atoms with van der Waals surface area (Å²) in [6.07, 6.45) is 0. The van der Waals surface area contributed by atoms with Crippen LogP contribution in [0.4, 0.5) is 0 Å². The Balaban J connectivity index is 2.49. The largest absolute Gasteiger partial charge is 0.309 e. The Morgan fingerprint density at radius 1 is 1.06 bits per heavy atom. The van der Waals surface area contributed by atoms with E-state index >= 15 is 0 Å². The Morgan fingerprint density at radius 3 is 2.44 bits per heavy atom. The van der Waals surface area contributed by atoms with Crippen LogP contribution in [0.3, 0.4) is 0 Å². The molecule has 1 unspecified atom stereocenters. The van der Waals surface area contributed by atoms with Gasteiger partial charge in [-0.05, 0) is 31.2 Å². The van der Waals surface area contributed by atoms with Gasteiger partial charge in [0.25, 0.3) is 0 Å². The van der Waals surface area contributed by atoms with E-state index in [1.807, 2.05) is 25.2 Å². The number of nitrogens with one attached hydrogen (secondary N) is 1. The van der Waals surface area contributed by atoms with E-state index in [-0.39, 0.29) is 6.04 Å². The lowest BCUT2D eigenvalue weighted by Crippen LogP contribution is -2.18. The fourth-order valence-corrected chi connectivity index (χ4v) is 2.51. The summed E-state index contributed by atoms with van der Waals surface area (Å²) in [6.45, 7) is 2.08. The van der Waals surface area contributed by atoms with Gasteiger partial charge in [-0.1, -0.05) is 65.2 Å². The molecule has 3 heteroatoms. The van der Waals surface area contributed by atoms with Crippen molar-refractivity contribution < 1.29 is 0 Å². The van der Waals surface area contributed by atoms with Gasteiger partial charge in [-0.2, -0.15) is 0 Å². The first-order valence-corrected chi connectivity index (χ1v) is 6.57. The van der Waals surface area contributed by atoms with Crippen LogP contribution in [0.2, 0.25) is 10.0 Å². The lowest BCUT2D eigenvalue weighted by atomic mass is 9.97. The average molecular weight is 280 g/mol. The van der Waals surface area contributed by atoms with E-state index < -0.39 is 0 Å². The van der Waals surface area contributed by atoms with E-state index in [2.05, 4.69) is 30.4 Å². The highest BCUT2D eigenvalue weighted by molar-refractivity contribution is 6.42. The van der Waals surface area contributed by atoms with Crippen LogP contribution in [0, 0.1) is 6.92 Å². The molecule has 0 aliphatic rings. The SMILES string of the molecule is CNC(c1cccc(C)c1)c1cccc(Cl)c1Cl. The highest BCUT2D eigenvalue weighted by Crippen LogP contribution is 2.33. The predicted molar refractivity (Wildman–Crippen MR) is 78.5 cm³/mol. The molecule has 0 saturated carbocycles. The summed E-state index contributed by atoms with van der Waals surface area (Å²) in [6, 6.07) is 14.1. The smallest absolute Gasteiger partial charge is 0.0643 e. The van der Waals surface area contributed by atoms with Crippen LogP contribution in [0.1, 0.15) is 22.7 Å². The third kappa shape index (κ3) is 2.69. The summed E-state index contributed by atoms with van der Waals surface area (Å²) >= 11 is 12.4. The molecule has 0 spiro atoms. The second-order valence-corrected chi connectivity index (χ2v) is 5.06. The molecule has 1 nitrogen and oxygen atoms in total. The van der Waals surface area contributed by atoms with E-state index in [0.29, 0.717) is 10.0 Å². The lowest BCUT2D eigenvalue weighted by Gasteiger charge is -2.19. The quantitative estimate of drug-likeness (QED) is 0.865. The van der Waals surface area contributed by atoms with Crippen molar-refractivity contribution in [3.8, 4) is 0 Å². The zero-order valence-electron chi connectivity index (χ0n) is 10.4. The van der Waals surface area contributed by atoms with Gasteiger partial charge < -0.3 is 5.32 Å². The monoisotopic (exact) mass is 279 g/mol. The molecule has 2 rings (SSSR count). The molecule has 1 atom stereocenters. The van der Waals surface area contributed by atoms with Crippen LogP contribution in [-0.4, -0.2) is 7.05 Å².